The number of carbonyl (C=O) groups excluding carboxylic acids is 1. The molecule has 0 N–H and O–H groups in total. The van der Waals surface area contributed by atoms with Crippen LogP contribution in [0.2, 0.25) is 0 Å². The third kappa shape index (κ3) is 3.13. The van der Waals surface area contributed by atoms with Gasteiger partial charge in [0.25, 0.3) is 0 Å². The van der Waals surface area contributed by atoms with Gasteiger partial charge in [-0.25, -0.2) is 4.39 Å². The summed E-state index contributed by atoms with van der Waals surface area (Å²) in [6.07, 6.45) is 2.57. The van der Waals surface area contributed by atoms with Gasteiger partial charge in [0.1, 0.15) is 12.1 Å². The molecule has 0 spiro atoms. The summed E-state index contributed by atoms with van der Waals surface area (Å²) in [5, 5.41) is 0. The lowest BCUT2D eigenvalue weighted by Crippen LogP contribution is -2.26. The van der Waals surface area contributed by atoms with Gasteiger partial charge in [0, 0.05) is 0 Å². The van der Waals surface area contributed by atoms with E-state index in [0.29, 0.717) is 6.42 Å². The summed E-state index contributed by atoms with van der Waals surface area (Å²) in [7, 11) is 0. The van der Waals surface area contributed by atoms with Crippen LogP contribution in [0.1, 0.15) is 30.5 Å². The second kappa shape index (κ2) is 6.00. The van der Waals surface area contributed by atoms with Gasteiger partial charge in [-0.15, -0.1) is 0 Å². The second-order valence-electron chi connectivity index (χ2n) is 5.39. The lowest BCUT2D eigenvalue weighted by atomic mass is 9.78. The molecule has 2 aromatic rings. The molecule has 2 heteroatoms. The molecule has 0 aliphatic carbocycles. The predicted octanol–water partition coefficient (Wildman–Crippen LogP) is 4.09. The van der Waals surface area contributed by atoms with Gasteiger partial charge in [-0.1, -0.05) is 43.3 Å². The molecular formula is C18H19FO. The Labute approximate surface area is 119 Å². The predicted molar refractivity (Wildman–Crippen MR) is 79.3 cm³/mol. The van der Waals surface area contributed by atoms with Crippen LogP contribution in [0.5, 0.6) is 0 Å². The molecule has 0 aromatic heterocycles. The monoisotopic (exact) mass is 270 g/mol. The number of hydrogen-bond donors (Lipinski definition) is 0. The molecule has 20 heavy (non-hydrogen) atoms. The first kappa shape index (κ1) is 14.4. The molecule has 0 saturated carbocycles. The van der Waals surface area contributed by atoms with Crippen LogP contribution in [-0.2, 0) is 23.1 Å². The normalized spacial score (nSPS) is 13.8. The van der Waals surface area contributed by atoms with Crippen molar-refractivity contribution in [2.45, 2.75) is 32.1 Å². The molecule has 0 fully saturated rings. The van der Waals surface area contributed by atoms with E-state index in [2.05, 4.69) is 31.2 Å². The van der Waals surface area contributed by atoms with Crippen LogP contribution in [0, 0.1) is 5.82 Å². The van der Waals surface area contributed by atoms with Gasteiger partial charge in [0.2, 0.25) is 0 Å². The van der Waals surface area contributed by atoms with Gasteiger partial charge in [-0.3, -0.25) is 0 Å². The minimum atomic E-state index is -0.624. The summed E-state index contributed by atoms with van der Waals surface area (Å²) < 4.78 is 13.0. The van der Waals surface area contributed by atoms with Crippen molar-refractivity contribution in [1.82, 2.24) is 0 Å². The number of aldehydes is 1. The van der Waals surface area contributed by atoms with Gasteiger partial charge < -0.3 is 4.79 Å². The van der Waals surface area contributed by atoms with Crippen molar-refractivity contribution >= 4 is 6.29 Å². The van der Waals surface area contributed by atoms with Crippen molar-refractivity contribution in [3.63, 3.8) is 0 Å². The number of carbonyl (C=O) groups is 1. The molecule has 0 amide bonds. The summed E-state index contributed by atoms with van der Waals surface area (Å²) in [6.45, 7) is 4.00. The SMILES string of the molecule is CCc1ccc(CC(C)(C=O)c2ccc(F)cc2)cc1. The van der Waals surface area contributed by atoms with Gasteiger partial charge in [0.15, 0.2) is 0 Å². The minimum absolute atomic E-state index is 0.283. The molecule has 0 aliphatic heterocycles. The van der Waals surface area contributed by atoms with E-state index < -0.39 is 5.41 Å². The van der Waals surface area contributed by atoms with Crippen LogP contribution >= 0.6 is 0 Å². The Morgan fingerprint density at radius 3 is 2.05 bits per heavy atom. The third-order valence-electron chi connectivity index (χ3n) is 3.77. The second-order valence-corrected chi connectivity index (χ2v) is 5.39. The van der Waals surface area contributed by atoms with Gasteiger partial charge in [-0.2, -0.15) is 0 Å². The molecular weight excluding hydrogens is 251 g/mol. The molecule has 1 unspecified atom stereocenters. The highest BCUT2D eigenvalue weighted by atomic mass is 19.1. The average Bonchev–Trinajstić information content (AvgIpc) is 2.48. The lowest BCUT2D eigenvalue weighted by molar-refractivity contribution is -0.112. The van der Waals surface area contributed by atoms with Crippen LogP contribution in [0.3, 0.4) is 0 Å². The molecule has 0 radical (unpaired) electrons. The average molecular weight is 270 g/mol. The highest BCUT2D eigenvalue weighted by molar-refractivity contribution is 5.68. The summed E-state index contributed by atoms with van der Waals surface area (Å²) in [4.78, 5) is 11.5. The number of halogens is 1. The zero-order chi connectivity index (χ0) is 14.6. The molecule has 0 heterocycles. The van der Waals surface area contributed by atoms with E-state index in [9.17, 15) is 9.18 Å². The fourth-order valence-corrected chi connectivity index (χ4v) is 2.36. The van der Waals surface area contributed by atoms with Crippen molar-refractivity contribution in [2.24, 2.45) is 0 Å². The van der Waals surface area contributed by atoms with Crippen molar-refractivity contribution < 1.29 is 9.18 Å². The molecule has 104 valence electrons. The smallest absolute Gasteiger partial charge is 0.130 e. The lowest BCUT2D eigenvalue weighted by Gasteiger charge is -2.24. The number of rotatable bonds is 5. The van der Waals surface area contributed by atoms with E-state index in [1.54, 1.807) is 12.1 Å². The third-order valence-corrected chi connectivity index (χ3v) is 3.77. The van der Waals surface area contributed by atoms with Gasteiger partial charge in [-0.05, 0) is 48.6 Å². The molecule has 0 saturated heterocycles. The number of aryl methyl sites for hydroxylation is 1. The summed E-state index contributed by atoms with van der Waals surface area (Å²) in [5.41, 5.74) is 2.61. The van der Waals surface area contributed by atoms with E-state index in [4.69, 9.17) is 0 Å². The topological polar surface area (TPSA) is 17.1 Å². The van der Waals surface area contributed by atoms with E-state index in [-0.39, 0.29) is 5.82 Å². The van der Waals surface area contributed by atoms with Crippen LogP contribution in [0.4, 0.5) is 4.39 Å². The van der Waals surface area contributed by atoms with Crippen LogP contribution in [0.25, 0.3) is 0 Å². The summed E-state index contributed by atoms with van der Waals surface area (Å²) in [6, 6.07) is 14.5. The summed E-state index contributed by atoms with van der Waals surface area (Å²) >= 11 is 0. The molecule has 0 aliphatic rings. The first-order valence-corrected chi connectivity index (χ1v) is 6.87. The van der Waals surface area contributed by atoms with Crippen molar-refractivity contribution in [2.75, 3.05) is 0 Å². The van der Waals surface area contributed by atoms with E-state index >= 15 is 0 Å². The van der Waals surface area contributed by atoms with E-state index in [1.165, 1.54) is 17.7 Å². The molecule has 1 nitrogen and oxygen atoms in total. The Morgan fingerprint density at radius 1 is 1.00 bits per heavy atom. The highest BCUT2D eigenvalue weighted by Crippen LogP contribution is 2.26. The Morgan fingerprint density at radius 2 is 1.55 bits per heavy atom. The van der Waals surface area contributed by atoms with Gasteiger partial charge >= 0.3 is 0 Å². The van der Waals surface area contributed by atoms with Crippen molar-refractivity contribution in [3.8, 4) is 0 Å². The van der Waals surface area contributed by atoms with E-state index in [0.717, 1.165) is 23.8 Å². The van der Waals surface area contributed by atoms with Crippen LogP contribution < -0.4 is 0 Å². The largest absolute Gasteiger partial charge is 0.302 e. The zero-order valence-electron chi connectivity index (χ0n) is 11.9. The Kier molecular flexibility index (Phi) is 4.33. The highest BCUT2D eigenvalue weighted by Gasteiger charge is 2.26. The molecule has 2 aromatic carbocycles. The minimum Gasteiger partial charge on any atom is -0.302 e. The quantitative estimate of drug-likeness (QED) is 0.748. The van der Waals surface area contributed by atoms with E-state index in [1.807, 2.05) is 6.92 Å². The van der Waals surface area contributed by atoms with Crippen LogP contribution in [0.15, 0.2) is 48.5 Å². The first-order valence-electron chi connectivity index (χ1n) is 6.87. The fraction of sp³-hybridized carbons (Fsp3) is 0.278. The Bertz CT molecular complexity index is 571. The molecule has 2 rings (SSSR count). The first-order chi connectivity index (χ1) is 9.57. The number of hydrogen-bond acceptors (Lipinski definition) is 1. The maximum Gasteiger partial charge on any atom is 0.130 e. The van der Waals surface area contributed by atoms with Crippen LogP contribution in [-0.4, -0.2) is 6.29 Å². The van der Waals surface area contributed by atoms with Crippen molar-refractivity contribution in [3.05, 3.63) is 71.0 Å². The van der Waals surface area contributed by atoms with Crippen molar-refractivity contribution in [1.29, 1.82) is 0 Å². The Hall–Kier alpha value is -1.96. The fourth-order valence-electron chi connectivity index (χ4n) is 2.36. The molecule has 1 atom stereocenters. The van der Waals surface area contributed by atoms with Gasteiger partial charge in [0.05, 0.1) is 5.41 Å². The maximum atomic E-state index is 13.0. The molecule has 0 bridgehead atoms. The Balaban J connectivity index is 2.26. The number of benzene rings is 2. The summed E-state index contributed by atoms with van der Waals surface area (Å²) in [5.74, 6) is -0.283. The maximum absolute atomic E-state index is 13.0. The zero-order valence-corrected chi connectivity index (χ0v) is 11.9. The standard InChI is InChI=1S/C18H19FO/c1-3-14-4-6-15(7-5-14)12-18(2,13-20)16-8-10-17(19)11-9-16/h4-11,13H,3,12H2,1-2H3.